The Labute approximate surface area is 107 Å². The number of nitrogens with one attached hydrogen (secondary N) is 1. The first kappa shape index (κ1) is 14.9. The van der Waals surface area contributed by atoms with Gasteiger partial charge in [0.15, 0.2) is 0 Å². The van der Waals surface area contributed by atoms with Crippen LogP contribution in [0.3, 0.4) is 0 Å². The molecule has 0 spiro atoms. The van der Waals surface area contributed by atoms with Crippen molar-refractivity contribution in [2.45, 2.75) is 46.1 Å². The normalized spacial score (nSPS) is 18.9. The van der Waals surface area contributed by atoms with Gasteiger partial charge < -0.3 is 15.0 Å². The monoisotopic (exact) mass is 242 g/mol. The van der Waals surface area contributed by atoms with E-state index in [2.05, 4.69) is 38.0 Å². The van der Waals surface area contributed by atoms with Crippen LogP contribution in [0.1, 0.15) is 40.0 Å². The van der Waals surface area contributed by atoms with Gasteiger partial charge in [-0.05, 0) is 44.8 Å². The Morgan fingerprint density at radius 3 is 2.47 bits per heavy atom. The van der Waals surface area contributed by atoms with Gasteiger partial charge in [-0.25, -0.2) is 0 Å². The molecule has 102 valence electrons. The second-order valence-electron chi connectivity index (χ2n) is 6.47. The molecule has 0 aromatic heterocycles. The molecule has 0 aromatic rings. The van der Waals surface area contributed by atoms with Crippen LogP contribution in [0.2, 0.25) is 0 Å². The summed E-state index contributed by atoms with van der Waals surface area (Å²) in [6.45, 7) is 12.3. The minimum absolute atomic E-state index is 0.393. The highest BCUT2D eigenvalue weighted by molar-refractivity contribution is 4.69. The number of ether oxygens (including phenoxy) is 1. The van der Waals surface area contributed by atoms with Crippen molar-refractivity contribution in [3.8, 4) is 0 Å². The first-order valence-corrected chi connectivity index (χ1v) is 6.98. The van der Waals surface area contributed by atoms with Crippen LogP contribution in [0.5, 0.6) is 0 Å². The van der Waals surface area contributed by atoms with Gasteiger partial charge in [-0.3, -0.25) is 0 Å². The number of hydrogen-bond acceptors (Lipinski definition) is 3. The van der Waals surface area contributed by atoms with Gasteiger partial charge >= 0.3 is 0 Å². The zero-order valence-corrected chi connectivity index (χ0v) is 12.1. The molecular weight excluding hydrogens is 212 g/mol. The Morgan fingerprint density at radius 1 is 1.24 bits per heavy atom. The second kappa shape index (κ2) is 7.34. The van der Waals surface area contributed by atoms with E-state index in [1.807, 2.05) is 0 Å². The molecule has 1 aliphatic rings. The Morgan fingerprint density at radius 2 is 1.88 bits per heavy atom. The van der Waals surface area contributed by atoms with Crippen molar-refractivity contribution < 1.29 is 4.74 Å². The molecule has 0 aliphatic carbocycles. The van der Waals surface area contributed by atoms with E-state index in [4.69, 9.17) is 4.74 Å². The van der Waals surface area contributed by atoms with Crippen molar-refractivity contribution in [2.24, 2.45) is 5.41 Å². The van der Waals surface area contributed by atoms with Crippen LogP contribution in [-0.4, -0.2) is 50.8 Å². The van der Waals surface area contributed by atoms with E-state index in [9.17, 15) is 0 Å². The summed E-state index contributed by atoms with van der Waals surface area (Å²) in [4.78, 5) is 2.41. The molecule has 0 aromatic carbocycles. The van der Waals surface area contributed by atoms with E-state index in [1.165, 1.54) is 12.8 Å². The van der Waals surface area contributed by atoms with Gasteiger partial charge in [0, 0.05) is 19.7 Å². The largest absolute Gasteiger partial charge is 0.378 e. The highest BCUT2D eigenvalue weighted by atomic mass is 16.5. The highest BCUT2D eigenvalue weighted by Crippen LogP contribution is 2.14. The maximum Gasteiger partial charge on any atom is 0.0599 e. The van der Waals surface area contributed by atoms with E-state index in [1.54, 1.807) is 0 Å². The predicted octanol–water partition coefficient (Wildman–Crippen LogP) is 2.12. The van der Waals surface area contributed by atoms with Crippen LogP contribution in [0.25, 0.3) is 0 Å². The van der Waals surface area contributed by atoms with Crippen LogP contribution in [-0.2, 0) is 4.74 Å². The Hall–Kier alpha value is -0.120. The first-order chi connectivity index (χ1) is 7.97. The second-order valence-corrected chi connectivity index (χ2v) is 6.47. The van der Waals surface area contributed by atoms with E-state index >= 15 is 0 Å². The van der Waals surface area contributed by atoms with Gasteiger partial charge in [-0.1, -0.05) is 20.8 Å². The van der Waals surface area contributed by atoms with E-state index < -0.39 is 0 Å². The third-order valence-electron chi connectivity index (χ3n) is 3.07. The molecule has 1 aliphatic heterocycles. The zero-order valence-electron chi connectivity index (χ0n) is 12.1. The number of nitrogens with zero attached hydrogens (tertiary/aromatic N) is 1. The molecule has 0 amide bonds. The Balaban J connectivity index is 1.99. The van der Waals surface area contributed by atoms with Gasteiger partial charge in [0.25, 0.3) is 0 Å². The predicted molar refractivity (Wildman–Crippen MR) is 73.4 cm³/mol. The summed E-state index contributed by atoms with van der Waals surface area (Å²) in [5, 5.41) is 3.36. The van der Waals surface area contributed by atoms with Crippen molar-refractivity contribution in [1.82, 2.24) is 10.2 Å². The Kier molecular flexibility index (Phi) is 6.45. The molecular formula is C14H30N2O. The summed E-state index contributed by atoms with van der Waals surface area (Å²) in [5.41, 5.74) is 0.393. The molecule has 3 nitrogen and oxygen atoms in total. The lowest BCUT2D eigenvalue weighted by Crippen LogP contribution is -2.33. The minimum atomic E-state index is 0.393. The molecule has 0 radical (unpaired) electrons. The van der Waals surface area contributed by atoms with Crippen molar-refractivity contribution in [2.75, 3.05) is 39.8 Å². The zero-order chi connectivity index (χ0) is 12.7. The minimum Gasteiger partial charge on any atom is -0.378 e. The van der Waals surface area contributed by atoms with E-state index in [-0.39, 0.29) is 0 Å². The van der Waals surface area contributed by atoms with E-state index in [0.29, 0.717) is 11.5 Å². The molecule has 3 heteroatoms. The maximum atomic E-state index is 5.90. The van der Waals surface area contributed by atoms with Crippen molar-refractivity contribution >= 4 is 0 Å². The van der Waals surface area contributed by atoms with Gasteiger partial charge in [0.1, 0.15) is 0 Å². The third kappa shape index (κ3) is 7.74. The smallest absolute Gasteiger partial charge is 0.0599 e. The SMILES string of the molecule is CN(CCCOC1CCNCC1)CC(C)(C)C. The molecule has 1 saturated heterocycles. The first-order valence-electron chi connectivity index (χ1n) is 6.98. The summed E-state index contributed by atoms with van der Waals surface area (Å²) in [6, 6.07) is 0. The molecule has 1 fully saturated rings. The van der Waals surface area contributed by atoms with Crippen LogP contribution in [0.15, 0.2) is 0 Å². The summed E-state index contributed by atoms with van der Waals surface area (Å²) in [7, 11) is 2.20. The van der Waals surface area contributed by atoms with E-state index in [0.717, 1.165) is 39.2 Å². The van der Waals surface area contributed by atoms with Crippen molar-refractivity contribution in [1.29, 1.82) is 0 Å². The number of rotatable bonds is 6. The van der Waals surface area contributed by atoms with Crippen LogP contribution < -0.4 is 5.32 Å². The summed E-state index contributed by atoms with van der Waals surface area (Å²) in [5.74, 6) is 0. The molecule has 0 atom stereocenters. The van der Waals surface area contributed by atoms with Gasteiger partial charge in [0.05, 0.1) is 6.10 Å². The molecule has 1 heterocycles. The third-order valence-corrected chi connectivity index (χ3v) is 3.07. The average Bonchev–Trinajstić information content (AvgIpc) is 2.23. The van der Waals surface area contributed by atoms with Crippen LogP contribution >= 0.6 is 0 Å². The molecule has 0 saturated carbocycles. The molecule has 1 rings (SSSR count). The number of piperidine rings is 1. The van der Waals surface area contributed by atoms with Gasteiger partial charge in [0.2, 0.25) is 0 Å². The van der Waals surface area contributed by atoms with Gasteiger partial charge in [-0.2, -0.15) is 0 Å². The molecule has 0 bridgehead atoms. The number of hydrogen-bond donors (Lipinski definition) is 1. The molecule has 17 heavy (non-hydrogen) atoms. The average molecular weight is 242 g/mol. The maximum absolute atomic E-state index is 5.90. The highest BCUT2D eigenvalue weighted by Gasteiger charge is 2.14. The summed E-state index contributed by atoms with van der Waals surface area (Å²) < 4.78 is 5.90. The summed E-state index contributed by atoms with van der Waals surface area (Å²) >= 11 is 0. The van der Waals surface area contributed by atoms with Crippen LogP contribution in [0, 0.1) is 5.41 Å². The van der Waals surface area contributed by atoms with Crippen LogP contribution in [0.4, 0.5) is 0 Å². The standard InChI is InChI=1S/C14H30N2O/c1-14(2,3)12-16(4)10-5-11-17-13-6-8-15-9-7-13/h13,15H,5-12H2,1-4H3. The van der Waals surface area contributed by atoms with Gasteiger partial charge in [-0.15, -0.1) is 0 Å². The quantitative estimate of drug-likeness (QED) is 0.722. The fraction of sp³-hybridized carbons (Fsp3) is 1.00. The molecule has 0 unspecified atom stereocenters. The lowest BCUT2D eigenvalue weighted by atomic mass is 9.96. The topological polar surface area (TPSA) is 24.5 Å². The van der Waals surface area contributed by atoms with Crippen molar-refractivity contribution in [3.05, 3.63) is 0 Å². The fourth-order valence-electron chi connectivity index (χ4n) is 2.44. The lowest BCUT2D eigenvalue weighted by Gasteiger charge is -2.27. The van der Waals surface area contributed by atoms with Crippen molar-refractivity contribution in [3.63, 3.8) is 0 Å². The Bertz CT molecular complexity index is 195. The fourth-order valence-corrected chi connectivity index (χ4v) is 2.44. The lowest BCUT2D eigenvalue weighted by molar-refractivity contribution is 0.0277. The molecule has 1 N–H and O–H groups in total. The summed E-state index contributed by atoms with van der Waals surface area (Å²) in [6.07, 6.45) is 4.01.